The average Bonchev–Trinajstić information content (AvgIpc) is 2.86. The number of ether oxygens (including phenoxy) is 2. The second kappa shape index (κ2) is 12.2. The van der Waals surface area contributed by atoms with E-state index in [1.807, 2.05) is 32.9 Å². The topological polar surface area (TPSA) is 77.8 Å². The number of nitrogens with one attached hydrogen (secondary N) is 1. The average molecular weight is 479 g/mol. The van der Waals surface area contributed by atoms with Crippen LogP contribution < -0.4 is 10.3 Å². The highest BCUT2D eigenvalue weighted by Crippen LogP contribution is 2.28. The minimum absolute atomic E-state index is 0.0831. The van der Waals surface area contributed by atoms with Gasteiger partial charge in [-0.3, -0.25) is 10.2 Å². The molecular formula is C28H38N4O3. The summed E-state index contributed by atoms with van der Waals surface area (Å²) in [6.45, 7) is 8.76. The summed E-state index contributed by atoms with van der Waals surface area (Å²) in [5, 5.41) is 13.5. The van der Waals surface area contributed by atoms with Crippen molar-refractivity contribution in [2.24, 2.45) is 0 Å². The summed E-state index contributed by atoms with van der Waals surface area (Å²) in [5.41, 5.74) is 5.19. The number of methoxy groups -OCH3 is 1. The van der Waals surface area contributed by atoms with Gasteiger partial charge in [-0.1, -0.05) is 18.2 Å². The number of anilines is 1. The highest BCUT2D eigenvalue weighted by Gasteiger charge is 2.21. The zero-order chi connectivity index (χ0) is 25.4. The first-order valence-corrected chi connectivity index (χ1v) is 12.3. The third-order valence-corrected chi connectivity index (χ3v) is 6.54. The van der Waals surface area contributed by atoms with Crippen molar-refractivity contribution in [2.75, 3.05) is 45.5 Å². The fourth-order valence-electron chi connectivity index (χ4n) is 4.22. The van der Waals surface area contributed by atoms with E-state index in [0.717, 1.165) is 35.8 Å². The maximum atomic E-state index is 12.9. The monoisotopic (exact) mass is 478 g/mol. The van der Waals surface area contributed by atoms with Crippen molar-refractivity contribution in [1.82, 2.24) is 10.4 Å². The van der Waals surface area contributed by atoms with E-state index >= 15 is 0 Å². The molecule has 0 saturated carbocycles. The molecule has 35 heavy (non-hydrogen) atoms. The molecule has 1 aliphatic heterocycles. The Balaban J connectivity index is 1.70. The van der Waals surface area contributed by atoms with Crippen LogP contribution in [0.3, 0.4) is 0 Å². The zero-order valence-corrected chi connectivity index (χ0v) is 21.7. The maximum Gasteiger partial charge on any atom is 0.276 e. The van der Waals surface area contributed by atoms with Crippen molar-refractivity contribution in [3.05, 3.63) is 47.5 Å². The molecule has 3 rings (SSSR count). The van der Waals surface area contributed by atoms with E-state index in [0.29, 0.717) is 12.2 Å². The lowest BCUT2D eigenvalue weighted by atomic mass is 9.98. The molecule has 7 nitrogen and oxygen atoms in total. The third kappa shape index (κ3) is 7.28. The highest BCUT2D eigenvalue weighted by atomic mass is 16.5. The molecule has 0 unspecified atom stereocenters. The number of hydrogen-bond donors (Lipinski definition) is 1. The number of carbonyl (C=O) groups excluding carboxylic acids is 1. The van der Waals surface area contributed by atoms with Crippen LogP contribution in [0.2, 0.25) is 0 Å². The predicted molar refractivity (Wildman–Crippen MR) is 141 cm³/mol. The number of carbonyl (C=O) groups is 1. The molecule has 1 aliphatic rings. The quantitative estimate of drug-likeness (QED) is 0.227. The van der Waals surface area contributed by atoms with E-state index in [9.17, 15) is 10.1 Å². The SMILES string of the molecule is COCCC(C)(C)OCN(C)NC(=O)/C(C#N)=C(\C)c1ccc2cc(N3CCCCC3)ccc2c1. The fourth-order valence-corrected chi connectivity index (χ4v) is 4.22. The molecule has 0 radical (unpaired) electrons. The number of piperidine rings is 1. The minimum atomic E-state index is -0.452. The van der Waals surface area contributed by atoms with Gasteiger partial charge >= 0.3 is 0 Å². The van der Waals surface area contributed by atoms with Crippen LogP contribution in [-0.2, 0) is 14.3 Å². The Labute approximate surface area is 209 Å². The van der Waals surface area contributed by atoms with Gasteiger partial charge in [0.15, 0.2) is 0 Å². The van der Waals surface area contributed by atoms with Gasteiger partial charge in [-0.05, 0) is 86.6 Å². The highest BCUT2D eigenvalue weighted by molar-refractivity contribution is 6.05. The standard InChI is InChI=1S/C28H38N4O3/c1-21(26(19-29)27(33)30-31(4)20-35-28(2,3)13-16-34-5)22-9-10-24-18-25(12-11-23(24)17-22)32-14-7-6-8-15-32/h9-12,17-18H,6-8,13-16,20H2,1-5H3,(H,30,33)/b26-21+. The molecule has 1 N–H and O–H groups in total. The molecule has 2 aromatic carbocycles. The molecule has 7 heteroatoms. The molecule has 2 aromatic rings. The zero-order valence-electron chi connectivity index (χ0n) is 21.7. The Morgan fingerprint density at radius 1 is 1.14 bits per heavy atom. The Kier molecular flexibility index (Phi) is 9.27. The van der Waals surface area contributed by atoms with Crippen molar-refractivity contribution in [2.45, 2.75) is 52.1 Å². The number of allylic oxidation sites excluding steroid dienone is 1. The first kappa shape index (κ1) is 26.7. The molecule has 1 amide bonds. The van der Waals surface area contributed by atoms with E-state index < -0.39 is 11.5 Å². The van der Waals surface area contributed by atoms with Gasteiger partial charge in [0, 0.05) is 39.5 Å². The van der Waals surface area contributed by atoms with Gasteiger partial charge in [-0.15, -0.1) is 0 Å². The molecule has 0 atom stereocenters. The van der Waals surface area contributed by atoms with E-state index in [4.69, 9.17) is 9.47 Å². The second-order valence-corrected chi connectivity index (χ2v) is 9.82. The van der Waals surface area contributed by atoms with E-state index in [1.165, 1.54) is 24.9 Å². The maximum absolute atomic E-state index is 12.9. The summed E-state index contributed by atoms with van der Waals surface area (Å²) in [5.74, 6) is -0.452. The number of hydrazine groups is 1. The van der Waals surface area contributed by atoms with Crippen molar-refractivity contribution in [1.29, 1.82) is 5.26 Å². The van der Waals surface area contributed by atoms with Crippen LogP contribution in [0.25, 0.3) is 16.3 Å². The van der Waals surface area contributed by atoms with Crippen LogP contribution in [0.4, 0.5) is 5.69 Å². The third-order valence-electron chi connectivity index (χ3n) is 6.54. The lowest BCUT2D eigenvalue weighted by Crippen LogP contribution is -2.43. The lowest BCUT2D eigenvalue weighted by molar-refractivity contribution is -0.129. The Hall–Kier alpha value is -2.92. The Bertz CT molecular complexity index is 1100. The van der Waals surface area contributed by atoms with Crippen molar-refractivity contribution < 1.29 is 14.3 Å². The number of nitriles is 1. The molecule has 188 valence electrons. The van der Waals surface area contributed by atoms with Gasteiger partial charge in [-0.2, -0.15) is 10.3 Å². The molecular weight excluding hydrogens is 440 g/mol. The summed E-state index contributed by atoms with van der Waals surface area (Å²) < 4.78 is 11.0. The predicted octanol–water partition coefficient (Wildman–Crippen LogP) is 4.88. The van der Waals surface area contributed by atoms with Crippen molar-refractivity contribution >= 4 is 27.9 Å². The first-order chi connectivity index (χ1) is 16.7. The van der Waals surface area contributed by atoms with E-state index in [-0.39, 0.29) is 12.3 Å². The van der Waals surface area contributed by atoms with Gasteiger partial charge in [0.05, 0.1) is 5.60 Å². The minimum Gasteiger partial charge on any atom is -0.385 e. The van der Waals surface area contributed by atoms with Gasteiger partial charge in [0.2, 0.25) is 0 Å². The van der Waals surface area contributed by atoms with Crippen LogP contribution in [0.5, 0.6) is 0 Å². The smallest absolute Gasteiger partial charge is 0.276 e. The molecule has 1 saturated heterocycles. The van der Waals surface area contributed by atoms with Crippen molar-refractivity contribution in [3.8, 4) is 6.07 Å². The number of amides is 1. The van der Waals surface area contributed by atoms with Crippen LogP contribution in [0, 0.1) is 11.3 Å². The van der Waals surface area contributed by atoms with Gasteiger partial charge < -0.3 is 14.4 Å². The lowest BCUT2D eigenvalue weighted by Gasteiger charge is -2.29. The summed E-state index contributed by atoms with van der Waals surface area (Å²) in [7, 11) is 3.37. The van der Waals surface area contributed by atoms with Crippen molar-refractivity contribution in [3.63, 3.8) is 0 Å². The number of hydrogen-bond acceptors (Lipinski definition) is 6. The fraction of sp³-hybridized carbons (Fsp3) is 0.500. The van der Waals surface area contributed by atoms with E-state index in [1.54, 1.807) is 19.2 Å². The molecule has 0 bridgehead atoms. The summed E-state index contributed by atoms with van der Waals surface area (Å²) in [4.78, 5) is 15.3. The molecule has 1 heterocycles. The number of rotatable bonds is 10. The molecule has 0 aromatic heterocycles. The molecule has 0 spiro atoms. The summed E-state index contributed by atoms with van der Waals surface area (Å²) in [6, 6.07) is 14.7. The Morgan fingerprint density at radius 2 is 1.83 bits per heavy atom. The second-order valence-electron chi connectivity index (χ2n) is 9.82. The number of fused-ring (bicyclic) bond motifs is 1. The molecule has 1 fully saturated rings. The summed E-state index contributed by atoms with van der Waals surface area (Å²) in [6.07, 6.45) is 4.53. The van der Waals surface area contributed by atoms with Gasteiger partial charge in [-0.25, -0.2) is 0 Å². The van der Waals surface area contributed by atoms with Gasteiger partial charge in [0.1, 0.15) is 18.4 Å². The first-order valence-electron chi connectivity index (χ1n) is 12.3. The summed E-state index contributed by atoms with van der Waals surface area (Å²) >= 11 is 0. The van der Waals surface area contributed by atoms with Crippen LogP contribution in [0.1, 0.15) is 52.0 Å². The Morgan fingerprint density at radius 3 is 2.51 bits per heavy atom. The van der Waals surface area contributed by atoms with Gasteiger partial charge in [0.25, 0.3) is 5.91 Å². The molecule has 0 aliphatic carbocycles. The number of benzene rings is 2. The van der Waals surface area contributed by atoms with E-state index in [2.05, 4.69) is 40.7 Å². The largest absolute Gasteiger partial charge is 0.385 e. The van der Waals surface area contributed by atoms with Crippen LogP contribution in [-0.4, -0.2) is 57.1 Å². The number of nitrogens with zero attached hydrogens (tertiary/aromatic N) is 3. The van der Waals surface area contributed by atoms with Crippen LogP contribution in [0.15, 0.2) is 42.0 Å². The normalized spacial score (nSPS) is 15.2. The van der Waals surface area contributed by atoms with Crippen LogP contribution >= 0.6 is 0 Å².